The van der Waals surface area contributed by atoms with Gasteiger partial charge in [-0.1, -0.05) is 25.5 Å². The zero-order chi connectivity index (χ0) is 20.0. The number of ether oxygens (including phenoxy) is 1. The zero-order valence-electron chi connectivity index (χ0n) is 15.4. The second-order valence-electron chi connectivity index (χ2n) is 6.46. The second kappa shape index (κ2) is 8.98. The maximum atomic E-state index is 12.3. The van der Waals surface area contributed by atoms with Crippen molar-refractivity contribution in [3.63, 3.8) is 0 Å². The SMILES string of the molecule is CCCCOC(=O)c1ccccc1NC(=O)C(=O)N(C)C1CCS(=O)(=O)C1. The van der Waals surface area contributed by atoms with Crippen LogP contribution in [0.5, 0.6) is 0 Å². The van der Waals surface area contributed by atoms with Crippen molar-refractivity contribution in [3.05, 3.63) is 29.8 Å². The molecule has 1 atom stereocenters. The summed E-state index contributed by atoms with van der Waals surface area (Å²) in [7, 11) is -1.77. The maximum absolute atomic E-state index is 12.3. The van der Waals surface area contributed by atoms with E-state index < -0.39 is 33.7 Å². The minimum atomic E-state index is -3.17. The molecule has 0 saturated carbocycles. The molecule has 27 heavy (non-hydrogen) atoms. The number of esters is 1. The first-order valence-electron chi connectivity index (χ1n) is 8.80. The van der Waals surface area contributed by atoms with E-state index in [0.29, 0.717) is 6.42 Å². The predicted octanol–water partition coefficient (Wildman–Crippen LogP) is 1.23. The number of hydrogen-bond donors (Lipinski definition) is 1. The summed E-state index contributed by atoms with van der Waals surface area (Å²) in [6, 6.07) is 5.73. The van der Waals surface area contributed by atoms with E-state index in [1.807, 2.05) is 6.92 Å². The van der Waals surface area contributed by atoms with E-state index >= 15 is 0 Å². The summed E-state index contributed by atoms with van der Waals surface area (Å²) in [6.45, 7) is 2.25. The molecule has 1 aromatic rings. The van der Waals surface area contributed by atoms with Crippen molar-refractivity contribution in [2.24, 2.45) is 0 Å². The third kappa shape index (κ3) is 5.53. The van der Waals surface area contributed by atoms with Crippen molar-refractivity contribution in [1.82, 2.24) is 4.90 Å². The molecule has 0 spiro atoms. The monoisotopic (exact) mass is 396 g/mol. The number of benzene rings is 1. The van der Waals surface area contributed by atoms with Crippen LogP contribution in [0.2, 0.25) is 0 Å². The van der Waals surface area contributed by atoms with Crippen LogP contribution in [-0.4, -0.2) is 62.3 Å². The normalized spacial score (nSPS) is 17.9. The summed E-state index contributed by atoms with van der Waals surface area (Å²) in [5, 5.41) is 2.43. The van der Waals surface area contributed by atoms with Gasteiger partial charge in [0, 0.05) is 13.1 Å². The van der Waals surface area contributed by atoms with Crippen LogP contribution >= 0.6 is 0 Å². The second-order valence-corrected chi connectivity index (χ2v) is 8.69. The standard InChI is InChI=1S/C18H24N2O6S/c1-3-4-10-26-18(23)14-7-5-6-8-15(14)19-16(21)17(22)20(2)13-9-11-27(24,25)12-13/h5-8,13H,3-4,9-12H2,1-2H3,(H,19,21). The molecule has 1 unspecified atom stereocenters. The smallest absolute Gasteiger partial charge is 0.340 e. The highest BCUT2D eigenvalue weighted by Gasteiger charge is 2.34. The summed E-state index contributed by atoms with van der Waals surface area (Å²) in [5.74, 6) is -2.52. The number of amides is 2. The molecule has 8 nitrogen and oxygen atoms in total. The number of unbranched alkanes of at least 4 members (excludes halogenated alkanes) is 1. The van der Waals surface area contributed by atoms with Gasteiger partial charge in [-0.25, -0.2) is 13.2 Å². The van der Waals surface area contributed by atoms with Crippen LogP contribution < -0.4 is 5.32 Å². The molecular weight excluding hydrogens is 372 g/mol. The van der Waals surface area contributed by atoms with Crippen molar-refractivity contribution in [3.8, 4) is 0 Å². The highest BCUT2D eigenvalue weighted by Crippen LogP contribution is 2.19. The summed E-state index contributed by atoms with van der Waals surface area (Å²) in [6.07, 6.45) is 1.91. The Morgan fingerprint density at radius 3 is 2.59 bits per heavy atom. The van der Waals surface area contributed by atoms with Gasteiger partial charge in [0.15, 0.2) is 9.84 Å². The van der Waals surface area contributed by atoms with Crippen molar-refractivity contribution in [1.29, 1.82) is 0 Å². The Morgan fingerprint density at radius 2 is 1.96 bits per heavy atom. The number of likely N-dealkylation sites (N-methyl/N-ethyl adjacent to an activating group) is 1. The molecule has 0 aliphatic carbocycles. The van der Waals surface area contributed by atoms with E-state index in [0.717, 1.165) is 17.7 Å². The maximum Gasteiger partial charge on any atom is 0.340 e. The number of nitrogens with one attached hydrogen (secondary N) is 1. The molecule has 1 aliphatic rings. The first-order chi connectivity index (χ1) is 12.7. The van der Waals surface area contributed by atoms with Crippen molar-refractivity contribution < 1.29 is 27.5 Å². The van der Waals surface area contributed by atoms with Gasteiger partial charge in [-0.05, 0) is 25.0 Å². The van der Waals surface area contributed by atoms with Crippen molar-refractivity contribution in [2.75, 3.05) is 30.5 Å². The van der Waals surface area contributed by atoms with Crippen LogP contribution in [0.3, 0.4) is 0 Å². The molecule has 1 N–H and O–H groups in total. The average Bonchev–Trinajstić information content (AvgIpc) is 3.00. The molecule has 1 heterocycles. The number of anilines is 1. The predicted molar refractivity (Wildman–Crippen MR) is 100 cm³/mol. The van der Waals surface area contributed by atoms with E-state index in [4.69, 9.17) is 4.74 Å². The van der Waals surface area contributed by atoms with Gasteiger partial charge in [0.05, 0.1) is 29.4 Å². The molecule has 1 aromatic carbocycles. The lowest BCUT2D eigenvalue weighted by atomic mass is 10.1. The molecule has 1 aliphatic heterocycles. The lowest BCUT2D eigenvalue weighted by Crippen LogP contribution is -2.44. The van der Waals surface area contributed by atoms with Crippen LogP contribution in [0, 0.1) is 0 Å². The highest BCUT2D eigenvalue weighted by molar-refractivity contribution is 7.91. The Balaban J connectivity index is 2.05. The molecule has 1 fully saturated rings. The number of rotatable bonds is 6. The minimum Gasteiger partial charge on any atom is -0.462 e. The Morgan fingerprint density at radius 1 is 1.26 bits per heavy atom. The van der Waals surface area contributed by atoms with Gasteiger partial charge >= 0.3 is 17.8 Å². The number of carbonyl (C=O) groups is 3. The van der Waals surface area contributed by atoms with Gasteiger partial charge in [-0.3, -0.25) is 9.59 Å². The minimum absolute atomic E-state index is 0.00331. The lowest BCUT2D eigenvalue weighted by molar-refractivity contribution is -0.143. The van der Waals surface area contributed by atoms with Gasteiger partial charge in [0.1, 0.15) is 0 Å². The average molecular weight is 396 g/mol. The Labute approximate surface area is 158 Å². The van der Waals surface area contributed by atoms with Gasteiger partial charge in [0.2, 0.25) is 0 Å². The van der Waals surface area contributed by atoms with Gasteiger partial charge in [0.25, 0.3) is 0 Å². The van der Waals surface area contributed by atoms with Crippen molar-refractivity contribution in [2.45, 2.75) is 32.2 Å². The zero-order valence-corrected chi connectivity index (χ0v) is 16.3. The third-order valence-corrected chi connectivity index (χ3v) is 6.15. The first-order valence-corrected chi connectivity index (χ1v) is 10.6. The van der Waals surface area contributed by atoms with E-state index in [9.17, 15) is 22.8 Å². The molecular formula is C18H24N2O6S. The van der Waals surface area contributed by atoms with Gasteiger partial charge in [-0.2, -0.15) is 0 Å². The highest BCUT2D eigenvalue weighted by atomic mass is 32.2. The van der Waals surface area contributed by atoms with Crippen LogP contribution in [0.25, 0.3) is 0 Å². The molecule has 2 rings (SSSR count). The van der Waals surface area contributed by atoms with E-state index in [1.165, 1.54) is 19.2 Å². The molecule has 1 saturated heterocycles. The quantitative estimate of drug-likeness (QED) is 0.440. The summed E-state index contributed by atoms with van der Waals surface area (Å²) in [5.41, 5.74) is 0.325. The number of nitrogens with zero attached hydrogens (tertiary/aromatic N) is 1. The molecule has 0 bridgehead atoms. The van der Waals surface area contributed by atoms with Crippen LogP contribution in [0.1, 0.15) is 36.5 Å². The summed E-state index contributed by atoms with van der Waals surface area (Å²) >= 11 is 0. The Hall–Kier alpha value is -2.42. The van der Waals surface area contributed by atoms with Gasteiger partial charge in [-0.15, -0.1) is 0 Å². The van der Waals surface area contributed by atoms with E-state index in [2.05, 4.69) is 5.32 Å². The summed E-state index contributed by atoms with van der Waals surface area (Å²) in [4.78, 5) is 38.0. The fraction of sp³-hybridized carbons (Fsp3) is 0.500. The number of sulfone groups is 1. The Bertz CT molecular complexity index is 821. The van der Waals surface area contributed by atoms with Crippen LogP contribution in [-0.2, 0) is 24.2 Å². The van der Waals surface area contributed by atoms with Crippen LogP contribution in [0.15, 0.2) is 24.3 Å². The number of hydrogen-bond acceptors (Lipinski definition) is 6. The molecule has 0 aromatic heterocycles. The number of para-hydroxylation sites is 1. The third-order valence-electron chi connectivity index (χ3n) is 4.40. The molecule has 2 amide bonds. The fourth-order valence-corrected chi connectivity index (χ4v) is 4.51. The number of carbonyl (C=O) groups excluding carboxylic acids is 3. The van der Waals surface area contributed by atoms with E-state index in [-0.39, 0.29) is 29.4 Å². The summed E-state index contributed by atoms with van der Waals surface area (Å²) < 4.78 is 28.3. The fourth-order valence-electron chi connectivity index (χ4n) is 2.74. The topological polar surface area (TPSA) is 110 Å². The molecule has 0 radical (unpaired) electrons. The van der Waals surface area contributed by atoms with Crippen LogP contribution in [0.4, 0.5) is 5.69 Å². The first kappa shape index (κ1) is 20.9. The van der Waals surface area contributed by atoms with Gasteiger partial charge < -0.3 is 15.0 Å². The van der Waals surface area contributed by atoms with E-state index in [1.54, 1.807) is 12.1 Å². The molecule has 148 valence electrons. The Kier molecular flexibility index (Phi) is 6.95. The lowest BCUT2D eigenvalue weighted by Gasteiger charge is -2.22. The van der Waals surface area contributed by atoms with Crippen molar-refractivity contribution >= 4 is 33.3 Å². The molecule has 9 heteroatoms. The largest absolute Gasteiger partial charge is 0.462 e.